The van der Waals surface area contributed by atoms with Crippen LogP contribution in [0.3, 0.4) is 0 Å². The summed E-state index contributed by atoms with van der Waals surface area (Å²) in [7, 11) is 0. The molecule has 0 aliphatic carbocycles. The van der Waals surface area contributed by atoms with Gasteiger partial charge in [0, 0.05) is 21.6 Å². The SMILES string of the molecule is Cc1sc2ncnc(SCC(=O)Nc3cccc(N4CCOC4=O)c3)c2c1C. The third-order valence-electron chi connectivity index (χ3n) is 4.47. The van der Waals surface area contributed by atoms with E-state index in [1.165, 1.54) is 23.0 Å². The first-order valence-corrected chi connectivity index (χ1v) is 10.5. The third-order valence-corrected chi connectivity index (χ3v) is 6.58. The zero-order chi connectivity index (χ0) is 19.7. The summed E-state index contributed by atoms with van der Waals surface area (Å²) in [6.45, 7) is 5.00. The van der Waals surface area contributed by atoms with Gasteiger partial charge in [-0.3, -0.25) is 9.69 Å². The van der Waals surface area contributed by atoms with Gasteiger partial charge >= 0.3 is 6.09 Å². The van der Waals surface area contributed by atoms with Crippen molar-refractivity contribution >= 4 is 56.7 Å². The van der Waals surface area contributed by atoms with Crippen molar-refractivity contribution in [3.05, 3.63) is 41.0 Å². The second kappa shape index (κ2) is 7.76. The highest BCUT2D eigenvalue weighted by molar-refractivity contribution is 8.00. The summed E-state index contributed by atoms with van der Waals surface area (Å²) in [5.74, 6) is 0.0960. The minimum Gasteiger partial charge on any atom is -0.447 e. The van der Waals surface area contributed by atoms with Crippen LogP contribution >= 0.6 is 23.1 Å². The number of nitrogens with one attached hydrogen (secondary N) is 1. The first-order valence-electron chi connectivity index (χ1n) is 8.70. The first-order chi connectivity index (χ1) is 13.5. The number of carbonyl (C=O) groups is 2. The van der Waals surface area contributed by atoms with Gasteiger partial charge in [0.1, 0.15) is 22.8 Å². The summed E-state index contributed by atoms with van der Waals surface area (Å²) in [5.41, 5.74) is 2.50. The van der Waals surface area contributed by atoms with Crippen molar-refractivity contribution < 1.29 is 14.3 Å². The highest BCUT2D eigenvalue weighted by Gasteiger charge is 2.23. The Labute approximate surface area is 170 Å². The smallest absolute Gasteiger partial charge is 0.414 e. The van der Waals surface area contributed by atoms with E-state index in [1.54, 1.807) is 34.4 Å². The second-order valence-electron chi connectivity index (χ2n) is 6.30. The molecule has 0 unspecified atom stereocenters. The summed E-state index contributed by atoms with van der Waals surface area (Å²) < 4.78 is 4.96. The Morgan fingerprint density at radius 2 is 2.21 bits per heavy atom. The largest absolute Gasteiger partial charge is 0.447 e. The lowest BCUT2D eigenvalue weighted by atomic mass is 10.2. The highest BCUT2D eigenvalue weighted by Crippen LogP contribution is 2.34. The lowest BCUT2D eigenvalue weighted by molar-refractivity contribution is -0.113. The van der Waals surface area contributed by atoms with Crippen LogP contribution in [-0.4, -0.2) is 40.9 Å². The molecule has 3 aromatic rings. The van der Waals surface area contributed by atoms with Crippen molar-refractivity contribution in [2.45, 2.75) is 18.9 Å². The van der Waals surface area contributed by atoms with Crippen molar-refractivity contribution in [2.75, 3.05) is 29.1 Å². The number of fused-ring (bicyclic) bond motifs is 1. The van der Waals surface area contributed by atoms with Crippen molar-refractivity contribution in [3.8, 4) is 0 Å². The lowest BCUT2D eigenvalue weighted by Gasteiger charge is -2.14. The number of nitrogens with zero attached hydrogens (tertiary/aromatic N) is 3. The van der Waals surface area contributed by atoms with E-state index < -0.39 is 0 Å². The molecule has 3 heterocycles. The van der Waals surface area contributed by atoms with Crippen LogP contribution in [0, 0.1) is 13.8 Å². The maximum atomic E-state index is 12.4. The van der Waals surface area contributed by atoms with E-state index in [4.69, 9.17) is 4.74 Å². The van der Waals surface area contributed by atoms with Gasteiger partial charge in [0.15, 0.2) is 0 Å². The number of carbonyl (C=O) groups excluding carboxylic acids is 2. The summed E-state index contributed by atoms with van der Waals surface area (Å²) in [5, 5.41) is 4.72. The molecular weight excluding hydrogens is 396 g/mol. The van der Waals surface area contributed by atoms with Gasteiger partial charge in [0.25, 0.3) is 0 Å². The Hall–Kier alpha value is -2.65. The average Bonchev–Trinajstić information content (AvgIpc) is 3.24. The van der Waals surface area contributed by atoms with Crippen LogP contribution in [0.2, 0.25) is 0 Å². The number of cyclic esters (lactones) is 1. The number of thiophene rings is 1. The molecule has 9 heteroatoms. The van der Waals surface area contributed by atoms with Gasteiger partial charge in [-0.05, 0) is 37.6 Å². The lowest BCUT2D eigenvalue weighted by Crippen LogP contribution is -2.23. The number of thioether (sulfide) groups is 1. The topological polar surface area (TPSA) is 84.4 Å². The molecule has 28 heavy (non-hydrogen) atoms. The van der Waals surface area contributed by atoms with Crippen molar-refractivity contribution in [1.82, 2.24) is 9.97 Å². The number of amides is 2. The molecule has 1 saturated heterocycles. The molecule has 0 spiro atoms. The van der Waals surface area contributed by atoms with Gasteiger partial charge in [-0.2, -0.15) is 0 Å². The van der Waals surface area contributed by atoms with Crippen molar-refractivity contribution in [2.24, 2.45) is 0 Å². The number of aromatic nitrogens is 2. The molecule has 1 aliphatic heterocycles. The molecule has 144 valence electrons. The minimum absolute atomic E-state index is 0.137. The number of hydrogen-bond donors (Lipinski definition) is 1. The van der Waals surface area contributed by atoms with E-state index in [0.29, 0.717) is 24.5 Å². The number of benzene rings is 1. The van der Waals surface area contributed by atoms with Crippen LogP contribution in [0.25, 0.3) is 10.2 Å². The molecule has 0 bridgehead atoms. The van der Waals surface area contributed by atoms with Gasteiger partial charge in [0.05, 0.1) is 12.3 Å². The van der Waals surface area contributed by atoms with Gasteiger partial charge in [0.2, 0.25) is 5.91 Å². The summed E-state index contributed by atoms with van der Waals surface area (Å²) in [6.07, 6.45) is 1.17. The molecule has 0 atom stereocenters. The number of anilines is 2. The Morgan fingerprint density at radius 1 is 1.36 bits per heavy atom. The Balaban J connectivity index is 1.44. The van der Waals surface area contributed by atoms with Gasteiger partial charge in [-0.1, -0.05) is 17.8 Å². The molecular formula is C19H18N4O3S2. The molecule has 0 saturated carbocycles. The molecule has 4 rings (SSSR count). The predicted molar refractivity (Wildman–Crippen MR) is 111 cm³/mol. The van der Waals surface area contributed by atoms with Crippen LogP contribution in [0.5, 0.6) is 0 Å². The van der Waals surface area contributed by atoms with E-state index >= 15 is 0 Å². The fourth-order valence-electron chi connectivity index (χ4n) is 2.97. The van der Waals surface area contributed by atoms with Crippen LogP contribution < -0.4 is 10.2 Å². The maximum absolute atomic E-state index is 12.4. The second-order valence-corrected chi connectivity index (χ2v) is 8.46. The summed E-state index contributed by atoms with van der Waals surface area (Å²) in [6, 6.07) is 7.18. The average molecular weight is 415 g/mol. The zero-order valence-electron chi connectivity index (χ0n) is 15.4. The zero-order valence-corrected chi connectivity index (χ0v) is 17.0. The number of ether oxygens (including phenoxy) is 1. The summed E-state index contributed by atoms with van der Waals surface area (Å²) >= 11 is 3.03. The molecule has 2 aromatic heterocycles. The molecule has 7 nitrogen and oxygen atoms in total. The number of hydrogen-bond acceptors (Lipinski definition) is 7. The maximum Gasteiger partial charge on any atom is 0.414 e. The predicted octanol–water partition coefficient (Wildman–Crippen LogP) is 4.00. The number of aryl methyl sites for hydroxylation is 2. The summed E-state index contributed by atoms with van der Waals surface area (Å²) in [4.78, 5) is 36.5. The number of rotatable bonds is 5. The Bertz CT molecular complexity index is 1070. The normalized spacial score (nSPS) is 13.8. The van der Waals surface area contributed by atoms with Gasteiger partial charge in [-0.25, -0.2) is 14.8 Å². The van der Waals surface area contributed by atoms with Crippen molar-refractivity contribution in [1.29, 1.82) is 0 Å². The van der Waals surface area contributed by atoms with Crippen molar-refractivity contribution in [3.63, 3.8) is 0 Å². The first kappa shape index (κ1) is 18.7. The molecule has 2 amide bonds. The van der Waals surface area contributed by atoms with Gasteiger partial charge < -0.3 is 10.1 Å². The minimum atomic E-state index is -0.367. The highest BCUT2D eigenvalue weighted by atomic mass is 32.2. The van der Waals surface area contributed by atoms with Crippen LogP contribution in [-0.2, 0) is 9.53 Å². The Morgan fingerprint density at radius 3 is 3.00 bits per heavy atom. The van der Waals surface area contributed by atoms with Crippen LogP contribution in [0.15, 0.2) is 35.6 Å². The molecule has 1 aliphatic rings. The van der Waals surface area contributed by atoms with Crippen LogP contribution in [0.1, 0.15) is 10.4 Å². The molecule has 1 fully saturated rings. The third kappa shape index (κ3) is 3.67. The van der Waals surface area contributed by atoms with Crippen LogP contribution in [0.4, 0.5) is 16.2 Å². The van der Waals surface area contributed by atoms with E-state index in [-0.39, 0.29) is 17.8 Å². The van der Waals surface area contributed by atoms with E-state index in [1.807, 2.05) is 6.07 Å². The molecule has 1 N–H and O–H groups in total. The fraction of sp³-hybridized carbons (Fsp3) is 0.263. The quantitative estimate of drug-likeness (QED) is 0.502. The monoisotopic (exact) mass is 414 g/mol. The standard InChI is InChI=1S/C19H18N4O3S2/c1-11-12(2)28-18-16(11)17(20-10-21-18)27-9-15(24)22-13-4-3-5-14(8-13)23-6-7-26-19(23)25/h3-5,8,10H,6-7,9H2,1-2H3,(H,22,24). The Kier molecular flexibility index (Phi) is 5.19. The fourth-order valence-corrected chi connectivity index (χ4v) is 4.89. The molecule has 1 aromatic carbocycles. The molecule has 0 radical (unpaired) electrons. The van der Waals surface area contributed by atoms with Gasteiger partial charge in [-0.15, -0.1) is 11.3 Å². The van der Waals surface area contributed by atoms with E-state index in [0.717, 1.165) is 20.8 Å². The van der Waals surface area contributed by atoms with E-state index in [9.17, 15) is 9.59 Å². The van der Waals surface area contributed by atoms with E-state index in [2.05, 4.69) is 29.1 Å².